The van der Waals surface area contributed by atoms with E-state index >= 15 is 0 Å². The van der Waals surface area contributed by atoms with Crippen molar-refractivity contribution in [3.63, 3.8) is 0 Å². The predicted molar refractivity (Wildman–Crippen MR) is 69.3 cm³/mol. The van der Waals surface area contributed by atoms with E-state index in [-0.39, 0.29) is 5.91 Å². The Morgan fingerprint density at radius 2 is 2.20 bits per heavy atom. The molecule has 0 saturated carbocycles. The summed E-state index contributed by atoms with van der Waals surface area (Å²) in [5, 5.41) is 2.75. The highest BCUT2D eigenvalue weighted by Crippen LogP contribution is 2.20. The van der Waals surface area contributed by atoms with E-state index in [1.54, 1.807) is 6.07 Å². The van der Waals surface area contributed by atoms with Crippen LogP contribution in [0.3, 0.4) is 0 Å². The largest absolute Gasteiger partial charge is 0.347 e. The average molecular weight is 333 g/mol. The van der Waals surface area contributed by atoms with Crippen molar-refractivity contribution < 1.29 is 4.79 Å². The summed E-state index contributed by atoms with van der Waals surface area (Å²) in [5.41, 5.74) is 1.68. The maximum Gasteiger partial charge on any atom is 0.252 e. The van der Waals surface area contributed by atoms with Crippen LogP contribution < -0.4 is 5.32 Å². The molecule has 1 N–H and O–H groups in total. The summed E-state index contributed by atoms with van der Waals surface area (Å²) >= 11 is 6.58. The van der Waals surface area contributed by atoms with E-state index in [0.717, 1.165) is 14.5 Å². The zero-order valence-electron chi connectivity index (χ0n) is 8.31. The molecule has 4 heteroatoms. The number of nitrogens with one attached hydrogen (secondary N) is 1. The number of halogens is 2. The molecule has 1 aromatic rings. The minimum Gasteiger partial charge on any atom is -0.347 e. The van der Waals surface area contributed by atoms with Crippen LogP contribution in [0.2, 0.25) is 0 Å². The van der Waals surface area contributed by atoms with Crippen molar-refractivity contribution in [1.82, 2.24) is 5.32 Å². The first kappa shape index (κ1) is 12.5. The van der Waals surface area contributed by atoms with E-state index in [9.17, 15) is 4.79 Å². The van der Waals surface area contributed by atoms with E-state index in [1.807, 2.05) is 19.1 Å². The van der Waals surface area contributed by atoms with Crippen molar-refractivity contribution in [2.45, 2.75) is 6.92 Å². The zero-order valence-corrected chi connectivity index (χ0v) is 11.5. The van der Waals surface area contributed by atoms with E-state index in [1.165, 1.54) is 0 Å². The number of carbonyl (C=O) groups excluding carboxylic acids is 1. The highest BCUT2D eigenvalue weighted by atomic mass is 79.9. The van der Waals surface area contributed by atoms with Crippen LogP contribution in [-0.4, -0.2) is 12.5 Å². The van der Waals surface area contributed by atoms with Gasteiger partial charge in [0.05, 0.1) is 5.56 Å². The molecular weight excluding hydrogens is 322 g/mol. The van der Waals surface area contributed by atoms with Gasteiger partial charge in [0.15, 0.2) is 0 Å². The summed E-state index contributed by atoms with van der Waals surface area (Å²) in [7, 11) is 0. The zero-order chi connectivity index (χ0) is 11.4. The minimum atomic E-state index is -0.105. The molecule has 15 heavy (non-hydrogen) atoms. The van der Waals surface area contributed by atoms with E-state index in [0.29, 0.717) is 12.1 Å². The van der Waals surface area contributed by atoms with Gasteiger partial charge in [0.2, 0.25) is 0 Å². The molecule has 0 aliphatic heterocycles. The molecule has 2 nitrogen and oxygen atoms in total. The molecule has 0 aliphatic carbocycles. The van der Waals surface area contributed by atoms with Crippen LogP contribution in [0.15, 0.2) is 33.7 Å². The Morgan fingerprint density at radius 3 is 2.80 bits per heavy atom. The standard InChI is InChI=1S/C11H11Br2NO/c1-7-4-3-5-9(10(7)13)11(15)14-6-8(2)12/h3-5H,2,6H2,1H3,(H,14,15). The summed E-state index contributed by atoms with van der Waals surface area (Å²) in [6.07, 6.45) is 0. The van der Waals surface area contributed by atoms with Gasteiger partial charge >= 0.3 is 0 Å². The van der Waals surface area contributed by atoms with Gasteiger partial charge in [0.25, 0.3) is 5.91 Å². The molecule has 0 aromatic heterocycles. The molecule has 0 radical (unpaired) electrons. The molecule has 0 bridgehead atoms. The first-order valence-electron chi connectivity index (χ1n) is 4.39. The van der Waals surface area contributed by atoms with E-state index in [2.05, 4.69) is 43.8 Å². The lowest BCUT2D eigenvalue weighted by Crippen LogP contribution is -2.24. The highest BCUT2D eigenvalue weighted by molar-refractivity contribution is 9.11. The van der Waals surface area contributed by atoms with Crippen molar-refractivity contribution >= 4 is 37.8 Å². The highest BCUT2D eigenvalue weighted by Gasteiger charge is 2.10. The average Bonchev–Trinajstić information content (AvgIpc) is 2.18. The van der Waals surface area contributed by atoms with Gasteiger partial charge in [0, 0.05) is 15.5 Å². The number of benzene rings is 1. The second kappa shape index (κ2) is 5.47. The SMILES string of the molecule is C=C(Br)CNC(=O)c1cccc(C)c1Br. The molecule has 0 atom stereocenters. The first-order chi connectivity index (χ1) is 7.02. The molecule has 0 heterocycles. The summed E-state index contributed by atoms with van der Waals surface area (Å²) < 4.78 is 1.59. The molecule has 0 unspecified atom stereocenters. The minimum absolute atomic E-state index is 0.105. The molecule has 1 amide bonds. The van der Waals surface area contributed by atoms with Crippen LogP contribution in [0, 0.1) is 6.92 Å². The van der Waals surface area contributed by atoms with Gasteiger partial charge < -0.3 is 5.32 Å². The van der Waals surface area contributed by atoms with Crippen LogP contribution in [0.4, 0.5) is 0 Å². The lowest BCUT2D eigenvalue weighted by molar-refractivity contribution is 0.0957. The second-order valence-corrected chi connectivity index (χ2v) is 5.05. The number of hydrogen-bond donors (Lipinski definition) is 1. The quantitative estimate of drug-likeness (QED) is 0.903. The second-order valence-electron chi connectivity index (χ2n) is 3.14. The van der Waals surface area contributed by atoms with Gasteiger partial charge in [-0.2, -0.15) is 0 Å². The fourth-order valence-electron chi connectivity index (χ4n) is 1.09. The maximum atomic E-state index is 11.7. The Morgan fingerprint density at radius 1 is 1.53 bits per heavy atom. The smallest absolute Gasteiger partial charge is 0.252 e. The Bertz CT molecular complexity index is 402. The number of carbonyl (C=O) groups is 1. The molecular formula is C11H11Br2NO. The number of amides is 1. The van der Waals surface area contributed by atoms with Gasteiger partial charge in [-0.05, 0) is 34.5 Å². The van der Waals surface area contributed by atoms with Crippen molar-refractivity contribution in [1.29, 1.82) is 0 Å². The summed E-state index contributed by atoms with van der Waals surface area (Å²) in [4.78, 5) is 11.7. The lowest BCUT2D eigenvalue weighted by atomic mass is 10.1. The van der Waals surface area contributed by atoms with Crippen molar-refractivity contribution in [3.8, 4) is 0 Å². The lowest BCUT2D eigenvalue weighted by Gasteiger charge is -2.07. The Hall–Kier alpha value is -0.610. The molecule has 1 aromatic carbocycles. The molecule has 1 rings (SSSR count). The number of aryl methyl sites for hydroxylation is 1. The van der Waals surface area contributed by atoms with Crippen molar-refractivity contribution in [3.05, 3.63) is 44.9 Å². The van der Waals surface area contributed by atoms with Gasteiger partial charge in [-0.1, -0.05) is 34.6 Å². The third-order valence-corrected chi connectivity index (χ3v) is 3.21. The molecule has 0 aliphatic rings. The molecule has 0 fully saturated rings. The molecule has 0 spiro atoms. The number of hydrogen-bond acceptors (Lipinski definition) is 1. The van der Waals surface area contributed by atoms with Gasteiger partial charge in [0.1, 0.15) is 0 Å². The monoisotopic (exact) mass is 331 g/mol. The van der Waals surface area contributed by atoms with Crippen molar-refractivity contribution in [2.24, 2.45) is 0 Å². The Balaban J connectivity index is 2.82. The van der Waals surface area contributed by atoms with Crippen molar-refractivity contribution in [2.75, 3.05) is 6.54 Å². The topological polar surface area (TPSA) is 29.1 Å². The first-order valence-corrected chi connectivity index (χ1v) is 5.97. The third-order valence-electron chi connectivity index (χ3n) is 1.88. The maximum absolute atomic E-state index is 11.7. The van der Waals surface area contributed by atoms with Crippen LogP contribution in [0.25, 0.3) is 0 Å². The fraction of sp³-hybridized carbons (Fsp3) is 0.182. The Labute approximate surface area is 106 Å². The van der Waals surface area contributed by atoms with Crippen LogP contribution in [0.5, 0.6) is 0 Å². The molecule has 0 saturated heterocycles. The Kier molecular flexibility index (Phi) is 4.54. The summed E-state index contributed by atoms with van der Waals surface area (Å²) in [6, 6.07) is 5.59. The van der Waals surface area contributed by atoms with E-state index in [4.69, 9.17) is 0 Å². The van der Waals surface area contributed by atoms with Gasteiger partial charge in [-0.15, -0.1) is 0 Å². The normalized spacial score (nSPS) is 9.80. The predicted octanol–water partition coefficient (Wildman–Crippen LogP) is 3.40. The van der Waals surface area contributed by atoms with Crippen LogP contribution in [0.1, 0.15) is 15.9 Å². The summed E-state index contributed by atoms with van der Waals surface area (Å²) in [5.74, 6) is -0.105. The third kappa shape index (κ3) is 3.47. The van der Waals surface area contributed by atoms with Gasteiger partial charge in [-0.3, -0.25) is 4.79 Å². The number of rotatable bonds is 3. The molecule has 80 valence electrons. The van der Waals surface area contributed by atoms with Crippen LogP contribution in [-0.2, 0) is 0 Å². The fourth-order valence-corrected chi connectivity index (χ4v) is 1.68. The van der Waals surface area contributed by atoms with Crippen LogP contribution >= 0.6 is 31.9 Å². The summed E-state index contributed by atoms with van der Waals surface area (Å²) in [6.45, 7) is 6.03. The van der Waals surface area contributed by atoms with E-state index < -0.39 is 0 Å². The van der Waals surface area contributed by atoms with Gasteiger partial charge in [-0.25, -0.2) is 0 Å².